The van der Waals surface area contributed by atoms with Gasteiger partial charge < -0.3 is 15.0 Å². The zero-order chi connectivity index (χ0) is 30.0. The number of amides is 2. The SMILES string of the molecule is CCCCNC(=O)[C@@H](CC)N(Cc1cccc(C)c1)C(=O)CN(c1cccc(OC)c1)S(=O)(=O)c1ccc(C)cc1. The van der Waals surface area contributed by atoms with Gasteiger partial charge in [-0.2, -0.15) is 0 Å². The van der Waals surface area contributed by atoms with Crippen molar-refractivity contribution < 1.29 is 22.7 Å². The molecule has 0 spiro atoms. The van der Waals surface area contributed by atoms with Gasteiger partial charge in [0.2, 0.25) is 11.8 Å². The quantitative estimate of drug-likeness (QED) is 0.264. The summed E-state index contributed by atoms with van der Waals surface area (Å²) in [5.41, 5.74) is 3.08. The molecule has 3 aromatic rings. The van der Waals surface area contributed by atoms with E-state index in [-0.39, 0.29) is 23.0 Å². The van der Waals surface area contributed by atoms with Gasteiger partial charge in [-0.05, 0) is 56.5 Å². The number of anilines is 1. The van der Waals surface area contributed by atoms with E-state index in [1.165, 1.54) is 24.1 Å². The van der Waals surface area contributed by atoms with Crippen LogP contribution >= 0.6 is 0 Å². The number of aryl methyl sites for hydroxylation is 2. The average Bonchev–Trinajstić information content (AvgIpc) is 2.96. The van der Waals surface area contributed by atoms with Crippen LogP contribution in [0.25, 0.3) is 0 Å². The Morgan fingerprint density at radius 3 is 2.27 bits per heavy atom. The van der Waals surface area contributed by atoms with E-state index in [1.807, 2.05) is 52.0 Å². The van der Waals surface area contributed by atoms with Gasteiger partial charge in [-0.25, -0.2) is 8.42 Å². The van der Waals surface area contributed by atoms with Gasteiger partial charge in [-0.3, -0.25) is 13.9 Å². The molecule has 0 unspecified atom stereocenters. The molecule has 0 saturated carbocycles. The Bertz CT molecular complexity index is 1420. The van der Waals surface area contributed by atoms with E-state index in [4.69, 9.17) is 4.74 Å². The van der Waals surface area contributed by atoms with Gasteiger partial charge in [0.15, 0.2) is 0 Å². The number of hydrogen-bond donors (Lipinski definition) is 1. The Hall–Kier alpha value is -3.85. The van der Waals surface area contributed by atoms with Crippen LogP contribution < -0.4 is 14.4 Å². The maximum Gasteiger partial charge on any atom is 0.264 e. The van der Waals surface area contributed by atoms with Crippen molar-refractivity contribution in [1.82, 2.24) is 10.2 Å². The van der Waals surface area contributed by atoms with Gasteiger partial charge in [-0.1, -0.05) is 73.9 Å². The number of carbonyl (C=O) groups is 2. The van der Waals surface area contributed by atoms with E-state index in [0.717, 1.165) is 33.8 Å². The number of nitrogens with one attached hydrogen (secondary N) is 1. The lowest BCUT2D eigenvalue weighted by Gasteiger charge is -2.33. The number of sulfonamides is 1. The summed E-state index contributed by atoms with van der Waals surface area (Å²) < 4.78 is 34.4. The van der Waals surface area contributed by atoms with Crippen molar-refractivity contribution in [2.45, 2.75) is 64.4 Å². The number of nitrogens with zero attached hydrogens (tertiary/aromatic N) is 2. The molecule has 0 aliphatic rings. The average molecular weight is 580 g/mol. The first-order valence-electron chi connectivity index (χ1n) is 14.0. The molecular formula is C32H41N3O5S. The molecule has 3 aromatic carbocycles. The topological polar surface area (TPSA) is 96.0 Å². The van der Waals surface area contributed by atoms with Crippen LogP contribution in [-0.4, -0.2) is 51.4 Å². The molecule has 220 valence electrons. The number of hydrogen-bond acceptors (Lipinski definition) is 5. The van der Waals surface area contributed by atoms with Crippen LogP contribution in [-0.2, 0) is 26.2 Å². The Morgan fingerprint density at radius 1 is 0.927 bits per heavy atom. The van der Waals surface area contributed by atoms with E-state index in [0.29, 0.717) is 18.7 Å². The molecule has 0 radical (unpaired) electrons. The minimum atomic E-state index is -4.14. The van der Waals surface area contributed by atoms with Crippen LogP contribution in [0, 0.1) is 13.8 Å². The van der Waals surface area contributed by atoms with Crippen LogP contribution in [0.15, 0.2) is 77.7 Å². The van der Waals surface area contributed by atoms with Crippen molar-refractivity contribution in [2.24, 2.45) is 0 Å². The van der Waals surface area contributed by atoms with Gasteiger partial charge in [0, 0.05) is 19.2 Å². The third-order valence-electron chi connectivity index (χ3n) is 6.88. The molecule has 9 heteroatoms. The first-order chi connectivity index (χ1) is 19.6. The van der Waals surface area contributed by atoms with Gasteiger partial charge in [0.1, 0.15) is 18.3 Å². The first-order valence-corrected chi connectivity index (χ1v) is 15.4. The van der Waals surface area contributed by atoms with Crippen molar-refractivity contribution in [3.8, 4) is 5.75 Å². The van der Waals surface area contributed by atoms with Crippen molar-refractivity contribution in [3.63, 3.8) is 0 Å². The zero-order valence-electron chi connectivity index (χ0n) is 24.6. The summed E-state index contributed by atoms with van der Waals surface area (Å²) in [5, 5.41) is 2.95. The number of carbonyl (C=O) groups excluding carboxylic acids is 2. The summed E-state index contributed by atoms with van der Waals surface area (Å²) in [6.45, 7) is 7.91. The highest BCUT2D eigenvalue weighted by molar-refractivity contribution is 7.92. The predicted molar refractivity (Wildman–Crippen MR) is 162 cm³/mol. The van der Waals surface area contributed by atoms with Crippen molar-refractivity contribution in [2.75, 3.05) is 24.5 Å². The minimum absolute atomic E-state index is 0.0632. The molecule has 41 heavy (non-hydrogen) atoms. The van der Waals surface area contributed by atoms with Crippen LogP contribution in [0.5, 0.6) is 5.75 Å². The van der Waals surface area contributed by atoms with E-state index in [9.17, 15) is 18.0 Å². The second-order valence-corrected chi connectivity index (χ2v) is 12.0. The van der Waals surface area contributed by atoms with E-state index in [1.54, 1.807) is 36.4 Å². The van der Waals surface area contributed by atoms with Gasteiger partial charge >= 0.3 is 0 Å². The van der Waals surface area contributed by atoms with Gasteiger partial charge in [0.05, 0.1) is 17.7 Å². The molecule has 2 amide bonds. The number of ether oxygens (including phenoxy) is 1. The fourth-order valence-electron chi connectivity index (χ4n) is 4.56. The third kappa shape index (κ3) is 8.33. The highest BCUT2D eigenvalue weighted by atomic mass is 32.2. The summed E-state index contributed by atoms with van der Waals surface area (Å²) >= 11 is 0. The van der Waals surface area contributed by atoms with Gasteiger partial charge in [-0.15, -0.1) is 0 Å². The summed E-state index contributed by atoms with van der Waals surface area (Å²) in [5.74, 6) is -0.281. The molecule has 0 bridgehead atoms. The van der Waals surface area contributed by atoms with E-state index in [2.05, 4.69) is 5.32 Å². The molecule has 0 aliphatic heterocycles. The molecular weight excluding hydrogens is 538 g/mol. The molecule has 0 heterocycles. The lowest BCUT2D eigenvalue weighted by molar-refractivity contribution is -0.140. The lowest BCUT2D eigenvalue weighted by atomic mass is 10.1. The summed E-state index contributed by atoms with van der Waals surface area (Å²) in [6.07, 6.45) is 2.13. The van der Waals surface area contributed by atoms with Gasteiger partial charge in [0.25, 0.3) is 10.0 Å². The van der Waals surface area contributed by atoms with E-state index < -0.39 is 28.5 Å². The first kappa shape index (κ1) is 31.7. The number of rotatable bonds is 14. The predicted octanol–water partition coefficient (Wildman–Crippen LogP) is 5.23. The Labute approximate surface area is 244 Å². The van der Waals surface area contributed by atoms with Crippen LogP contribution in [0.3, 0.4) is 0 Å². The molecule has 3 rings (SSSR count). The molecule has 0 saturated heterocycles. The third-order valence-corrected chi connectivity index (χ3v) is 8.67. The zero-order valence-corrected chi connectivity index (χ0v) is 25.4. The summed E-state index contributed by atoms with van der Waals surface area (Å²) in [7, 11) is -2.65. The number of benzene rings is 3. The van der Waals surface area contributed by atoms with Crippen molar-refractivity contribution in [1.29, 1.82) is 0 Å². The minimum Gasteiger partial charge on any atom is -0.497 e. The van der Waals surface area contributed by atoms with Crippen LogP contribution in [0.4, 0.5) is 5.69 Å². The Balaban J connectivity index is 2.05. The number of unbranched alkanes of at least 4 members (excludes halogenated alkanes) is 1. The molecule has 0 aliphatic carbocycles. The fourth-order valence-corrected chi connectivity index (χ4v) is 5.97. The highest BCUT2D eigenvalue weighted by Crippen LogP contribution is 2.28. The molecule has 8 nitrogen and oxygen atoms in total. The largest absolute Gasteiger partial charge is 0.497 e. The normalized spacial score (nSPS) is 11.9. The molecule has 0 fully saturated rings. The fraction of sp³-hybridized carbons (Fsp3) is 0.375. The standard InChI is InChI=1S/C32H41N3O5S/c1-6-8-19-33-32(37)30(7-2)34(22-26-12-9-11-25(4)20-26)31(36)23-35(27-13-10-14-28(21-27)40-5)41(38,39)29-17-15-24(3)16-18-29/h9-18,20-21,30H,6-8,19,22-23H2,1-5H3,(H,33,37)/t30-/m1/s1. The molecule has 1 atom stereocenters. The maximum atomic E-state index is 14.1. The summed E-state index contributed by atoms with van der Waals surface area (Å²) in [4.78, 5) is 29.0. The summed E-state index contributed by atoms with van der Waals surface area (Å²) in [6, 6.07) is 20.1. The second kappa shape index (κ2) is 14.7. The van der Waals surface area contributed by atoms with Crippen LogP contribution in [0.2, 0.25) is 0 Å². The monoisotopic (exact) mass is 579 g/mol. The lowest BCUT2D eigenvalue weighted by Crippen LogP contribution is -2.52. The van der Waals surface area contributed by atoms with Crippen LogP contribution in [0.1, 0.15) is 49.8 Å². The number of methoxy groups -OCH3 is 1. The van der Waals surface area contributed by atoms with E-state index >= 15 is 0 Å². The smallest absolute Gasteiger partial charge is 0.264 e. The Kier molecular flexibility index (Phi) is 11.3. The Morgan fingerprint density at radius 2 is 1.63 bits per heavy atom. The van der Waals surface area contributed by atoms with Crippen molar-refractivity contribution >= 4 is 27.5 Å². The molecule has 0 aromatic heterocycles. The van der Waals surface area contributed by atoms with Crippen molar-refractivity contribution in [3.05, 3.63) is 89.5 Å². The molecule has 1 N–H and O–H groups in total. The second-order valence-electron chi connectivity index (χ2n) is 10.1. The maximum absolute atomic E-state index is 14.1. The highest BCUT2D eigenvalue weighted by Gasteiger charge is 2.33.